The average molecular weight is 262 g/mol. The highest BCUT2D eigenvalue weighted by Crippen LogP contribution is 2.32. The standard InChI is InChI=1S/C15H22N2O2/c1-19-9-8-12-4-2-3-5-14(12)17-15(18)10-13(16)11-6-7-11/h2-5,11,13H,6-10,16H2,1H3,(H,17,18). The molecule has 1 saturated carbocycles. The van der Waals surface area contributed by atoms with Gasteiger partial charge in [-0.05, 0) is 36.8 Å². The molecule has 1 atom stereocenters. The maximum atomic E-state index is 12.0. The molecule has 1 aromatic carbocycles. The number of nitrogens with two attached hydrogens (primary N) is 1. The summed E-state index contributed by atoms with van der Waals surface area (Å²) in [6.45, 7) is 0.647. The minimum Gasteiger partial charge on any atom is -0.384 e. The first-order chi connectivity index (χ1) is 9.20. The largest absolute Gasteiger partial charge is 0.384 e. The van der Waals surface area contributed by atoms with E-state index in [1.807, 2.05) is 24.3 Å². The van der Waals surface area contributed by atoms with Crippen LogP contribution < -0.4 is 11.1 Å². The van der Waals surface area contributed by atoms with Crippen LogP contribution in [-0.2, 0) is 16.0 Å². The van der Waals surface area contributed by atoms with E-state index in [0.29, 0.717) is 18.9 Å². The second-order valence-electron chi connectivity index (χ2n) is 5.15. The van der Waals surface area contributed by atoms with E-state index in [0.717, 1.165) is 17.7 Å². The summed E-state index contributed by atoms with van der Waals surface area (Å²) in [7, 11) is 1.68. The second kappa shape index (κ2) is 6.68. The summed E-state index contributed by atoms with van der Waals surface area (Å²) in [4.78, 5) is 12.0. The Hall–Kier alpha value is -1.39. The lowest BCUT2D eigenvalue weighted by atomic mass is 10.1. The Kier molecular flexibility index (Phi) is 4.93. The molecule has 1 aliphatic carbocycles. The maximum Gasteiger partial charge on any atom is 0.225 e. The third kappa shape index (κ3) is 4.33. The summed E-state index contributed by atoms with van der Waals surface area (Å²) in [6.07, 6.45) is 3.53. The number of ether oxygens (including phenoxy) is 1. The Balaban J connectivity index is 1.91. The van der Waals surface area contributed by atoms with E-state index < -0.39 is 0 Å². The van der Waals surface area contributed by atoms with Crippen molar-refractivity contribution in [1.82, 2.24) is 0 Å². The van der Waals surface area contributed by atoms with Gasteiger partial charge in [-0.2, -0.15) is 0 Å². The van der Waals surface area contributed by atoms with Crippen LogP contribution in [0.2, 0.25) is 0 Å². The fraction of sp³-hybridized carbons (Fsp3) is 0.533. The molecule has 19 heavy (non-hydrogen) atoms. The fourth-order valence-electron chi connectivity index (χ4n) is 2.18. The molecular formula is C15H22N2O2. The van der Waals surface area contributed by atoms with E-state index in [-0.39, 0.29) is 11.9 Å². The summed E-state index contributed by atoms with van der Waals surface area (Å²) in [6, 6.07) is 7.83. The van der Waals surface area contributed by atoms with Gasteiger partial charge in [0.25, 0.3) is 0 Å². The van der Waals surface area contributed by atoms with Crippen LogP contribution in [0.1, 0.15) is 24.8 Å². The minimum absolute atomic E-state index is 0.00395. The van der Waals surface area contributed by atoms with Gasteiger partial charge in [-0.1, -0.05) is 18.2 Å². The molecule has 0 radical (unpaired) electrons. The van der Waals surface area contributed by atoms with Gasteiger partial charge in [0.2, 0.25) is 5.91 Å². The topological polar surface area (TPSA) is 64.3 Å². The predicted molar refractivity (Wildman–Crippen MR) is 76.0 cm³/mol. The molecule has 2 rings (SSSR count). The molecule has 0 saturated heterocycles. The summed E-state index contributed by atoms with van der Waals surface area (Å²) in [5.74, 6) is 0.554. The number of nitrogens with one attached hydrogen (secondary N) is 1. The molecule has 1 fully saturated rings. The highest BCUT2D eigenvalue weighted by Gasteiger charge is 2.29. The van der Waals surface area contributed by atoms with Crippen LogP contribution in [0.5, 0.6) is 0 Å². The second-order valence-corrected chi connectivity index (χ2v) is 5.15. The maximum absolute atomic E-state index is 12.0. The van der Waals surface area contributed by atoms with Crippen molar-refractivity contribution in [2.24, 2.45) is 11.7 Å². The Morgan fingerprint density at radius 3 is 2.89 bits per heavy atom. The Bertz CT molecular complexity index is 430. The molecule has 0 aromatic heterocycles. The minimum atomic E-state index is 0.00395. The number of para-hydroxylation sites is 1. The Labute approximate surface area is 114 Å². The highest BCUT2D eigenvalue weighted by molar-refractivity contribution is 5.91. The van der Waals surface area contributed by atoms with Crippen LogP contribution >= 0.6 is 0 Å². The molecule has 3 N–H and O–H groups in total. The third-order valence-electron chi connectivity index (χ3n) is 3.52. The van der Waals surface area contributed by atoms with Crippen molar-refractivity contribution in [2.75, 3.05) is 19.0 Å². The monoisotopic (exact) mass is 262 g/mol. The Morgan fingerprint density at radius 2 is 2.21 bits per heavy atom. The Morgan fingerprint density at radius 1 is 1.47 bits per heavy atom. The van der Waals surface area contributed by atoms with Gasteiger partial charge in [0.15, 0.2) is 0 Å². The molecule has 0 aliphatic heterocycles. The zero-order valence-corrected chi connectivity index (χ0v) is 11.4. The first-order valence-corrected chi connectivity index (χ1v) is 6.83. The molecule has 1 amide bonds. The van der Waals surface area contributed by atoms with Crippen LogP contribution in [0, 0.1) is 5.92 Å². The van der Waals surface area contributed by atoms with Gasteiger partial charge in [-0.3, -0.25) is 4.79 Å². The van der Waals surface area contributed by atoms with Crippen LogP contribution in [0.4, 0.5) is 5.69 Å². The van der Waals surface area contributed by atoms with E-state index in [1.54, 1.807) is 7.11 Å². The fourth-order valence-corrected chi connectivity index (χ4v) is 2.18. The molecule has 1 aromatic rings. The van der Waals surface area contributed by atoms with Gasteiger partial charge >= 0.3 is 0 Å². The number of benzene rings is 1. The van der Waals surface area contributed by atoms with Crippen molar-refractivity contribution in [3.05, 3.63) is 29.8 Å². The van der Waals surface area contributed by atoms with Crippen molar-refractivity contribution in [3.8, 4) is 0 Å². The number of methoxy groups -OCH3 is 1. The number of anilines is 1. The average Bonchev–Trinajstić information content (AvgIpc) is 3.22. The summed E-state index contributed by atoms with van der Waals surface area (Å²) in [5, 5.41) is 2.96. The van der Waals surface area contributed by atoms with Crippen molar-refractivity contribution in [3.63, 3.8) is 0 Å². The van der Waals surface area contributed by atoms with Crippen molar-refractivity contribution in [2.45, 2.75) is 31.7 Å². The number of carbonyl (C=O) groups excluding carboxylic acids is 1. The number of carbonyl (C=O) groups is 1. The number of rotatable bonds is 7. The summed E-state index contributed by atoms with van der Waals surface area (Å²) >= 11 is 0. The van der Waals surface area contributed by atoms with Gasteiger partial charge in [0.1, 0.15) is 0 Å². The van der Waals surface area contributed by atoms with Gasteiger partial charge in [-0.15, -0.1) is 0 Å². The molecule has 1 aliphatic rings. The lowest BCUT2D eigenvalue weighted by molar-refractivity contribution is -0.116. The zero-order valence-electron chi connectivity index (χ0n) is 11.4. The van der Waals surface area contributed by atoms with Gasteiger partial charge in [0, 0.05) is 25.3 Å². The lowest BCUT2D eigenvalue weighted by Gasteiger charge is -2.13. The lowest BCUT2D eigenvalue weighted by Crippen LogP contribution is -2.29. The van der Waals surface area contributed by atoms with Gasteiger partial charge in [-0.25, -0.2) is 0 Å². The molecule has 0 bridgehead atoms. The van der Waals surface area contributed by atoms with Crippen molar-refractivity contribution in [1.29, 1.82) is 0 Å². The first-order valence-electron chi connectivity index (χ1n) is 6.83. The SMILES string of the molecule is COCCc1ccccc1NC(=O)CC(N)C1CC1. The summed E-state index contributed by atoms with van der Waals surface area (Å²) < 4.78 is 5.08. The van der Waals surface area contributed by atoms with Crippen molar-refractivity contribution >= 4 is 11.6 Å². The molecule has 0 spiro atoms. The number of amides is 1. The van der Waals surface area contributed by atoms with Gasteiger partial charge in [0.05, 0.1) is 6.61 Å². The molecule has 4 nitrogen and oxygen atoms in total. The van der Waals surface area contributed by atoms with Crippen LogP contribution in [0.3, 0.4) is 0 Å². The number of hydrogen-bond acceptors (Lipinski definition) is 3. The van der Waals surface area contributed by atoms with E-state index >= 15 is 0 Å². The first kappa shape index (κ1) is 14.0. The molecule has 104 valence electrons. The predicted octanol–water partition coefficient (Wildman–Crippen LogP) is 1.94. The summed E-state index contributed by atoms with van der Waals surface area (Å²) in [5.41, 5.74) is 7.93. The van der Waals surface area contributed by atoms with E-state index in [1.165, 1.54) is 12.8 Å². The van der Waals surface area contributed by atoms with Crippen molar-refractivity contribution < 1.29 is 9.53 Å². The van der Waals surface area contributed by atoms with E-state index in [2.05, 4.69) is 5.32 Å². The van der Waals surface area contributed by atoms with Crippen LogP contribution in [0.25, 0.3) is 0 Å². The quantitative estimate of drug-likeness (QED) is 0.789. The normalized spacial score (nSPS) is 16.1. The smallest absolute Gasteiger partial charge is 0.225 e. The van der Waals surface area contributed by atoms with Crippen LogP contribution in [-0.4, -0.2) is 25.7 Å². The molecular weight excluding hydrogens is 240 g/mol. The number of hydrogen-bond donors (Lipinski definition) is 2. The molecule has 1 unspecified atom stereocenters. The van der Waals surface area contributed by atoms with Gasteiger partial charge < -0.3 is 15.8 Å². The van der Waals surface area contributed by atoms with Crippen LogP contribution in [0.15, 0.2) is 24.3 Å². The van der Waals surface area contributed by atoms with E-state index in [4.69, 9.17) is 10.5 Å². The molecule has 4 heteroatoms. The third-order valence-corrected chi connectivity index (χ3v) is 3.52. The molecule has 0 heterocycles. The zero-order chi connectivity index (χ0) is 13.7. The highest BCUT2D eigenvalue weighted by atomic mass is 16.5. The van der Waals surface area contributed by atoms with E-state index in [9.17, 15) is 4.79 Å².